The zero-order valence-electron chi connectivity index (χ0n) is 12.6. The predicted octanol–water partition coefficient (Wildman–Crippen LogP) is 0.0724. The van der Waals surface area contributed by atoms with E-state index in [0.717, 1.165) is 25.6 Å². The standard InChI is InChI=1S/C13H26N2O4S2/c1-12-2-6-15(7-3-12)8-5-14-21(18,19)11-13-4-9-20(16,17)10-13/h12-14H,2-11H2,1H3. The molecule has 21 heavy (non-hydrogen) atoms. The molecule has 0 aromatic rings. The van der Waals surface area contributed by atoms with E-state index in [1.807, 2.05) is 0 Å². The van der Waals surface area contributed by atoms with Crippen LogP contribution < -0.4 is 4.72 Å². The lowest BCUT2D eigenvalue weighted by atomic mass is 9.99. The minimum Gasteiger partial charge on any atom is -0.302 e. The number of piperidine rings is 1. The molecule has 0 radical (unpaired) electrons. The minimum atomic E-state index is -3.37. The Morgan fingerprint density at radius 2 is 1.86 bits per heavy atom. The molecular weight excluding hydrogens is 312 g/mol. The number of hydrogen-bond donors (Lipinski definition) is 1. The summed E-state index contributed by atoms with van der Waals surface area (Å²) in [6.45, 7) is 5.45. The van der Waals surface area contributed by atoms with Crippen molar-refractivity contribution in [3.05, 3.63) is 0 Å². The summed E-state index contributed by atoms with van der Waals surface area (Å²) in [6.07, 6.45) is 2.81. The maximum atomic E-state index is 12.0. The van der Waals surface area contributed by atoms with Crippen molar-refractivity contribution in [3.8, 4) is 0 Å². The first kappa shape index (κ1) is 17.2. The Morgan fingerprint density at radius 3 is 2.43 bits per heavy atom. The molecule has 8 heteroatoms. The van der Waals surface area contributed by atoms with E-state index in [9.17, 15) is 16.8 Å². The normalized spacial score (nSPS) is 28.0. The van der Waals surface area contributed by atoms with Gasteiger partial charge >= 0.3 is 0 Å². The van der Waals surface area contributed by atoms with Crippen molar-refractivity contribution in [2.75, 3.05) is 43.4 Å². The first-order valence-electron chi connectivity index (χ1n) is 7.66. The van der Waals surface area contributed by atoms with Crippen molar-refractivity contribution >= 4 is 19.9 Å². The van der Waals surface area contributed by atoms with Crippen LogP contribution in [0.1, 0.15) is 26.2 Å². The Morgan fingerprint density at radius 1 is 1.19 bits per heavy atom. The minimum absolute atomic E-state index is 0.0118. The van der Waals surface area contributed by atoms with E-state index < -0.39 is 19.9 Å². The molecule has 0 aliphatic carbocycles. The van der Waals surface area contributed by atoms with Crippen molar-refractivity contribution in [1.29, 1.82) is 0 Å². The Hall–Kier alpha value is -0.180. The van der Waals surface area contributed by atoms with Crippen LogP contribution in [0.2, 0.25) is 0 Å². The summed E-state index contributed by atoms with van der Waals surface area (Å²) in [6, 6.07) is 0. The van der Waals surface area contributed by atoms with Crippen LogP contribution in [0.5, 0.6) is 0 Å². The smallest absolute Gasteiger partial charge is 0.211 e. The van der Waals surface area contributed by atoms with Gasteiger partial charge in [0.05, 0.1) is 17.3 Å². The van der Waals surface area contributed by atoms with Gasteiger partial charge in [-0.2, -0.15) is 0 Å². The van der Waals surface area contributed by atoms with Gasteiger partial charge in [0.25, 0.3) is 0 Å². The van der Waals surface area contributed by atoms with Crippen molar-refractivity contribution in [2.24, 2.45) is 11.8 Å². The molecule has 0 saturated carbocycles. The third-order valence-electron chi connectivity index (χ3n) is 4.41. The fourth-order valence-corrected chi connectivity index (χ4v) is 6.45. The van der Waals surface area contributed by atoms with E-state index >= 15 is 0 Å². The SMILES string of the molecule is CC1CCN(CCNS(=O)(=O)CC2CCS(=O)(=O)C2)CC1. The molecule has 2 aliphatic rings. The second-order valence-corrected chi connectivity index (χ2v) is 10.5. The van der Waals surface area contributed by atoms with Crippen LogP contribution in [-0.2, 0) is 19.9 Å². The van der Waals surface area contributed by atoms with E-state index in [1.165, 1.54) is 12.8 Å². The summed E-state index contributed by atoms with van der Waals surface area (Å²) in [5.41, 5.74) is 0. The fraction of sp³-hybridized carbons (Fsp3) is 1.00. The van der Waals surface area contributed by atoms with Gasteiger partial charge in [0, 0.05) is 13.1 Å². The van der Waals surface area contributed by atoms with Gasteiger partial charge in [-0.15, -0.1) is 0 Å². The highest BCUT2D eigenvalue weighted by Gasteiger charge is 2.31. The van der Waals surface area contributed by atoms with Gasteiger partial charge in [-0.05, 0) is 44.2 Å². The molecule has 1 atom stereocenters. The van der Waals surface area contributed by atoms with E-state index in [2.05, 4.69) is 16.5 Å². The van der Waals surface area contributed by atoms with Crippen molar-refractivity contribution in [3.63, 3.8) is 0 Å². The number of sulfonamides is 1. The molecule has 0 spiro atoms. The number of hydrogen-bond acceptors (Lipinski definition) is 5. The Bertz CT molecular complexity index is 537. The van der Waals surface area contributed by atoms with E-state index in [-0.39, 0.29) is 23.2 Å². The van der Waals surface area contributed by atoms with Crippen LogP contribution in [0.15, 0.2) is 0 Å². The topological polar surface area (TPSA) is 83.6 Å². The summed E-state index contributed by atoms with van der Waals surface area (Å²) in [4.78, 5) is 2.28. The van der Waals surface area contributed by atoms with Crippen LogP contribution in [0.3, 0.4) is 0 Å². The second-order valence-electron chi connectivity index (χ2n) is 6.47. The highest BCUT2D eigenvalue weighted by Crippen LogP contribution is 2.19. The summed E-state index contributed by atoms with van der Waals surface area (Å²) < 4.78 is 49.2. The molecule has 0 amide bonds. The number of nitrogens with one attached hydrogen (secondary N) is 1. The van der Waals surface area contributed by atoms with E-state index in [0.29, 0.717) is 13.0 Å². The molecule has 2 aliphatic heterocycles. The third-order valence-corrected chi connectivity index (χ3v) is 7.80. The van der Waals surface area contributed by atoms with Gasteiger partial charge < -0.3 is 4.90 Å². The van der Waals surface area contributed by atoms with E-state index in [4.69, 9.17) is 0 Å². The molecular formula is C13H26N2O4S2. The van der Waals surface area contributed by atoms with Gasteiger partial charge in [-0.3, -0.25) is 0 Å². The molecule has 1 N–H and O–H groups in total. The maximum Gasteiger partial charge on any atom is 0.211 e. The zero-order valence-corrected chi connectivity index (χ0v) is 14.3. The average molecular weight is 338 g/mol. The first-order valence-corrected chi connectivity index (χ1v) is 11.1. The van der Waals surface area contributed by atoms with Crippen LogP contribution in [-0.4, -0.2) is 65.2 Å². The number of likely N-dealkylation sites (tertiary alicyclic amines) is 1. The monoisotopic (exact) mass is 338 g/mol. The van der Waals surface area contributed by atoms with E-state index in [1.54, 1.807) is 0 Å². The molecule has 124 valence electrons. The van der Waals surface area contributed by atoms with Crippen LogP contribution >= 0.6 is 0 Å². The van der Waals surface area contributed by atoms with Crippen LogP contribution in [0.25, 0.3) is 0 Å². The highest BCUT2D eigenvalue weighted by molar-refractivity contribution is 7.92. The summed E-state index contributed by atoms with van der Waals surface area (Å²) in [5, 5.41) is 0. The third kappa shape index (κ3) is 5.84. The lowest BCUT2D eigenvalue weighted by Crippen LogP contribution is -2.40. The van der Waals surface area contributed by atoms with Gasteiger partial charge in [-0.1, -0.05) is 6.92 Å². The molecule has 1 unspecified atom stereocenters. The molecule has 2 heterocycles. The van der Waals surface area contributed by atoms with Gasteiger partial charge in [0.15, 0.2) is 9.84 Å². The number of nitrogens with zero attached hydrogens (tertiary/aromatic N) is 1. The maximum absolute atomic E-state index is 12.0. The Labute approximate surface area is 128 Å². The molecule has 0 aromatic heterocycles. The predicted molar refractivity (Wildman–Crippen MR) is 83.4 cm³/mol. The first-order chi connectivity index (χ1) is 9.76. The molecule has 2 fully saturated rings. The fourth-order valence-electron chi connectivity index (χ4n) is 3.02. The molecule has 2 rings (SSSR count). The van der Waals surface area contributed by atoms with Crippen molar-refractivity contribution in [2.45, 2.75) is 26.2 Å². The molecule has 0 aromatic carbocycles. The molecule has 6 nitrogen and oxygen atoms in total. The highest BCUT2D eigenvalue weighted by atomic mass is 32.2. The zero-order chi connectivity index (χ0) is 15.5. The number of sulfone groups is 1. The summed E-state index contributed by atoms with van der Waals surface area (Å²) in [7, 11) is -6.38. The average Bonchev–Trinajstić information content (AvgIpc) is 2.70. The Kier molecular flexibility index (Phi) is 5.67. The molecule has 2 saturated heterocycles. The lowest BCUT2D eigenvalue weighted by molar-refractivity contribution is 0.195. The summed E-state index contributed by atoms with van der Waals surface area (Å²) in [5.74, 6) is 0.589. The van der Waals surface area contributed by atoms with Gasteiger partial charge in [0.1, 0.15) is 0 Å². The molecule has 0 bridgehead atoms. The van der Waals surface area contributed by atoms with Crippen molar-refractivity contribution < 1.29 is 16.8 Å². The van der Waals surface area contributed by atoms with Gasteiger partial charge in [-0.25, -0.2) is 21.6 Å². The van der Waals surface area contributed by atoms with Gasteiger partial charge in [0.2, 0.25) is 10.0 Å². The largest absolute Gasteiger partial charge is 0.302 e. The second kappa shape index (κ2) is 6.93. The summed E-state index contributed by atoms with van der Waals surface area (Å²) >= 11 is 0. The lowest BCUT2D eigenvalue weighted by Gasteiger charge is -2.30. The quantitative estimate of drug-likeness (QED) is 0.741. The van der Waals surface area contributed by atoms with Crippen LogP contribution in [0, 0.1) is 11.8 Å². The van der Waals surface area contributed by atoms with Crippen molar-refractivity contribution in [1.82, 2.24) is 9.62 Å². The van der Waals surface area contributed by atoms with Crippen LogP contribution in [0.4, 0.5) is 0 Å². The number of rotatable bonds is 6. The Balaban J connectivity index is 1.69.